The molecule has 2 heteroatoms. The topological polar surface area (TPSA) is 15.3 Å². The molecule has 0 saturated heterocycles. The molecule has 0 aliphatic rings. The van der Waals surface area contributed by atoms with Crippen LogP contribution in [0.15, 0.2) is 0 Å². The Kier molecular flexibility index (Phi) is 6.57. The first-order valence-electron chi connectivity index (χ1n) is 4.59. The molecule has 1 N–H and O–H groups in total. The van der Waals surface area contributed by atoms with Gasteiger partial charge in [0, 0.05) is 6.04 Å². The van der Waals surface area contributed by atoms with Gasteiger partial charge in [-0.15, -0.1) is 0 Å². The fraction of sp³-hybridized carbons (Fsp3) is 1.00. The Morgan fingerprint density at radius 1 is 1.27 bits per heavy atom. The lowest BCUT2D eigenvalue weighted by Crippen LogP contribution is -2.30. The summed E-state index contributed by atoms with van der Waals surface area (Å²) in [6.45, 7) is 6.63. The van der Waals surface area contributed by atoms with Crippen molar-refractivity contribution in [1.82, 2.24) is 10.2 Å². The summed E-state index contributed by atoms with van der Waals surface area (Å²) in [5.41, 5.74) is 0. The van der Waals surface area contributed by atoms with Gasteiger partial charge in [0.25, 0.3) is 0 Å². The minimum atomic E-state index is 0.744. The number of nitrogens with zero attached hydrogens (tertiary/aromatic N) is 1. The fourth-order valence-corrected chi connectivity index (χ4v) is 1.27. The smallest absolute Gasteiger partial charge is 0.00986 e. The molecule has 0 aromatic heterocycles. The lowest BCUT2D eigenvalue weighted by Gasteiger charge is -2.22. The van der Waals surface area contributed by atoms with Crippen LogP contribution in [0.25, 0.3) is 0 Å². The van der Waals surface area contributed by atoms with Crippen LogP contribution in [0.1, 0.15) is 26.7 Å². The number of rotatable bonds is 6. The van der Waals surface area contributed by atoms with Crippen LogP contribution in [0.2, 0.25) is 0 Å². The molecular weight excluding hydrogens is 136 g/mol. The second kappa shape index (κ2) is 6.62. The van der Waals surface area contributed by atoms with Crippen LogP contribution in [0.4, 0.5) is 0 Å². The molecule has 0 fully saturated rings. The van der Waals surface area contributed by atoms with Crippen molar-refractivity contribution in [3.05, 3.63) is 0 Å². The fourth-order valence-electron chi connectivity index (χ4n) is 1.27. The van der Waals surface area contributed by atoms with Crippen LogP contribution in [-0.4, -0.2) is 38.1 Å². The van der Waals surface area contributed by atoms with Crippen molar-refractivity contribution in [3.8, 4) is 0 Å². The molecule has 0 spiro atoms. The molecule has 0 aliphatic carbocycles. The van der Waals surface area contributed by atoms with Gasteiger partial charge in [0.05, 0.1) is 0 Å². The minimum Gasteiger partial charge on any atom is -0.317 e. The van der Waals surface area contributed by atoms with Crippen LogP contribution < -0.4 is 5.32 Å². The summed E-state index contributed by atoms with van der Waals surface area (Å²) in [5.74, 6) is 0. The van der Waals surface area contributed by atoms with Crippen molar-refractivity contribution in [2.75, 3.05) is 27.2 Å². The predicted molar refractivity (Wildman–Crippen MR) is 50.9 cm³/mol. The van der Waals surface area contributed by atoms with Crippen LogP contribution in [0.3, 0.4) is 0 Å². The van der Waals surface area contributed by atoms with Crippen LogP contribution >= 0.6 is 0 Å². The summed E-state index contributed by atoms with van der Waals surface area (Å²) in [6, 6.07) is 0.744. The summed E-state index contributed by atoms with van der Waals surface area (Å²) >= 11 is 0. The van der Waals surface area contributed by atoms with E-state index in [1.165, 1.54) is 12.8 Å². The average molecular weight is 158 g/mol. The highest BCUT2D eigenvalue weighted by Crippen LogP contribution is 2.02. The van der Waals surface area contributed by atoms with E-state index in [9.17, 15) is 0 Å². The van der Waals surface area contributed by atoms with E-state index in [4.69, 9.17) is 0 Å². The maximum Gasteiger partial charge on any atom is 0.00986 e. The molecule has 68 valence electrons. The van der Waals surface area contributed by atoms with Gasteiger partial charge in [-0.25, -0.2) is 0 Å². The lowest BCUT2D eigenvalue weighted by molar-refractivity contribution is 0.269. The molecule has 0 amide bonds. The maximum atomic E-state index is 3.34. The molecule has 1 atom stereocenters. The third-order valence-corrected chi connectivity index (χ3v) is 2.11. The molecule has 1 unspecified atom stereocenters. The Morgan fingerprint density at radius 2 is 1.91 bits per heavy atom. The zero-order valence-electron chi connectivity index (χ0n) is 8.35. The quantitative estimate of drug-likeness (QED) is 0.587. The first kappa shape index (κ1) is 10.9. The third kappa shape index (κ3) is 5.22. The van der Waals surface area contributed by atoms with Gasteiger partial charge in [-0.1, -0.05) is 13.8 Å². The zero-order valence-corrected chi connectivity index (χ0v) is 8.35. The molecule has 0 radical (unpaired) electrons. The highest BCUT2D eigenvalue weighted by atomic mass is 15.1. The van der Waals surface area contributed by atoms with Gasteiger partial charge in [-0.05, 0) is 40.0 Å². The largest absolute Gasteiger partial charge is 0.317 e. The van der Waals surface area contributed by atoms with E-state index in [1.807, 2.05) is 0 Å². The molecule has 0 aliphatic heterocycles. The van der Waals surface area contributed by atoms with Crippen LogP contribution in [-0.2, 0) is 0 Å². The molecule has 0 heterocycles. The average Bonchev–Trinajstić information content (AvgIpc) is 1.97. The number of nitrogens with one attached hydrogen (secondary N) is 1. The van der Waals surface area contributed by atoms with E-state index < -0.39 is 0 Å². The second-order valence-corrected chi connectivity index (χ2v) is 3.17. The third-order valence-electron chi connectivity index (χ3n) is 2.11. The molecule has 0 aromatic rings. The second-order valence-electron chi connectivity index (χ2n) is 3.17. The Labute approximate surface area is 71.0 Å². The van der Waals surface area contributed by atoms with Crippen LogP contribution in [0.5, 0.6) is 0 Å². The Bertz CT molecular complexity index is 81.6. The molecule has 2 nitrogen and oxygen atoms in total. The predicted octanol–water partition coefficient (Wildman–Crippen LogP) is 1.33. The first-order valence-corrected chi connectivity index (χ1v) is 4.59. The number of hydrogen-bond donors (Lipinski definition) is 1. The van der Waals surface area contributed by atoms with Gasteiger partial charge in [0.15, 0.2) is 0 Å². The maximum absolute atomic E-state index is 3.34. The summed E-state index contributed by atoms with van der Waals surface area (Å²) in [5, 5.41) is 3.34. The molecule has 0 aromatic carbocycles. The summed E-state index contributed by atoms with van der Waals surface area (Å²) in [6.07, 6.45) is 2.51. The summed E-state index contributed by atoms with van der Waals surface area (Å²) in [4.78, 5) is 2.30. The molecular formula is C9H22N2. The monoisotopic (exact) mass is 158 g/mol. The van der Waals surface area contributed by atoms with E-state index in [1.54, 1.807) is 0 Å². The van der Waals surface area contributed by atoms with Crippen molar-refractivity contribution in [1.29, 1.82) is 0 Å². The molecule has 11 heavy (non-hydrogen) atoms. The first-order chi connectivity index (χ1) is 5.22. The van der Waals surface area contributed by atoms with Crippen molar-refractivity contribution in [2.24, 2.45) is 0 Å². The van der Waals surface area contributed by atoms with Crippen LogP contribution in [0, 0.1) is 0 Å². The minimum absolute atomic E-state index is 0.744. The Morgan fingerprint density at radius 3 is 2.27 bits per heavy atom. The Hall–Kier alpha value is -0.0800. The SMILES string of the molecule is CCNCCC(CC)N(C)C. The summed E-state index contributed by atoms with van der Waals surface area (Å²) in [7, 11) is 4.31. The van der Waals surface area contributed by atoms with Gasteiger partial charge < -0.3 is 10.2 Å². The van der Waals surface area contributed by atoms with Gasteiger partial charge in [-0.2, -0.15) is 0 Å². The summed E-state index contributed by atoms with van der Waals surface area (Å²) < 4.78 is 0. The highest BCUT2D eigenvalue weighted by molar-refractivity contribution is 4.64. The van der Waals surface area contributed by atoms with Gasteiger partial charge in [-0.3, -0.25) is 0 Å². The highest BCUT2D eigenvalue weighted by Gasteiger charge is 2.06. The van der Waals surface area contributed by atoms with E-state index in [2.05, 4.69) is 38.2 Å². The van der Waals surface area contributed by atoms with E-state index in [-0.39, 0.29) is 0 Å². The van der Waals surface area contributed by atoms with E-state index in [0.717, 1.165) is 19.1 Å². The number of hydrogen-bond acceptors (Lipinski definition) is 2. The zero-order chi connectivity index (χ0) is 8.69. The molecule has 0 rings (SSSR count). The normalized spacial score (nSPS) is 13.9. The van der Waals surface area contributed by atoms with E-state index >= 15 is 0 Å². The van der Waals surface area contributed by atoms with Crippen molar-refractivity contribution in [2.45, 2.75) is 32.7 Å². The van der Waals surface area contributed by atoms with E-state index in [0.29, 0.717) is 0 Å². The van der Waals surface area contributed by atoms with Crippen molar-refractivity contribution in [3.63, 3.8) is 0 Å². The Balaban J connectivity index is 3.36. The standard InChI is InChI=1S/C9H22N2/c1-5-9(11(3)4)7-8-10-6-2/h9-10H,5-8H2,1-4H3. The van der Waals surface area contributed by atoms with Gasteiger partial charge in [0.1, 0.15) is 0 Å². The van der Waals surface area contributed by atoms with Crippen molar-refractivity contribution >= 4 is 0 Å². The molecule has 0 bridgehead atoms. The van der Waals surface area contributed by atoms with Crippen molar-refractivity contribution < 1.29 is 0 Å². The molecule has 0 saturated carbocycles. The van der Waals surface area contributed by atoms with Gasteiger partial charge >= 0.3 is 0 Å². The lowest BCUT2D eigenvalue weighted by atomic mass is 10.1. The van der Waals surface area contributed by atoms with Gasteiger partial charge in [0.2, 0.25) is 0 Å².